The highest BCUT2D eigenvalue weighted by atomic mass is 16.5. The van der Waals surface area contributed by atoms with Crippen LogP contribution in [-0.4, -0.2) is 11.0 Å². The summed E-state index contributed by atoms with van der Waals surface area (Å²) in [6, 6.07) is 2.59. The van der Waals surface area contributed by atoms with E-state index < -0.39 is 6.03 Å². The number of carbonyl (C=O) groups excluding carboxylic acids is 1. The highest BCUT2D eigenvalue weighted by Crippen LogP contribution is 2.10. The van der Waals surface area contributed by atoms with Crippen molar-refractivity contribution in [2.45, 2.75) is 0 Å². The van der Waals surface area contributed by atoms with E-state index in [2.05, 4.69) is 16.9 Å². The summed E-state index contributed by atoms with van der Waals surface area (Å²) in [5, 5.41) is 2.37. The second-order valence-corrected chi connectivity index (χ2v) is 2.16. The minimum Gasteiger partial charge on any atom is -0.447 e. The summed E-state index contributed by atoms with van der Waals surface area (Å²) in [7, 11) is 0. The zero-order valence-electron chi connectivity index (χ0n) is 6.86. The van der Waals surface area contributed by atoms with Gasteiger partial charge in [-0.05, 0) is 6.07 Å². The summed E-state index contributed by atoms with van der Waals surface area (Å²) in [5.74, 6) is 0.407. The number of rotatable bonds is 3. The predicted molar refractivity (Wildman–Crippen MR) is 48.3 cm³/mol. The van der Waals surface area contributed by atoms with Crippen LogP contribution in [0, 0.1) is 0 Å². The maximum atomic E-state index is 10.4. The molecule has 0 spiro atoms. The Morgan fingerprint density at radius 1 is 1.69 bits per heavy atom. The van der Waals surface area contributed by atoms with Gasteiger partial charge in [-0.25, -0.2) is 9.78 Å². The molecule has 0 atom stereocenters. The molecule has 0 bridgehead atoms. The summed E-state index contributed by atoms with van der Waals surface area (Å²) in [6.07, 6.45) is 2.70. The molecule has 1 rings (SSSR count). The number of amides is 2. The lowest BCUT2D eigenvalue weighted by molar-refractivity contribution is 0.259. The van der Waals surface area contributed by atoms with E-state index in [9.17, 15) is 4.79 Å². The van der Waals surface area contributed by atoms with E-state index in [1.165, 1.54) is 12.5 Å². The average Bonchev–Trinajstić information content (AvgIpc) is 2.08. The first-order valence-corrected chi connectivity index (χ1v) is 3.52. The Hall–Kier alpha value is -2.04. The quantitative estimate of drug-likeness (QED) is 0.682. The summed E-state index contributed by atoms with van der Waals surface area (Å²) in [6.45, 7) is 3.37. The number of aromatic nitrogens is 1. The summed E-state index contributed by atoms with van der Waals surface area (Å²) in [4.78, 5) is 14.3. The van der Waals surface area contributed by atoms with E-state index in [1.54, 1.807) is 12.1 Å². The van der Waals surface area contributed by atoms with Crippen LogP contribution >= 0.6 is 0 Å². The van der Waals surface area contributed by atoms with E-state index >= 15 is 0 Å². The third-order valence-electron chi connectivity index (χ3n) is 1.21. The van der Waals surface area contributed by atoms with Crippen molar-refractivity contribution in [1.82, 2.24) is 4.98 Å². The molecule has 0 unspecified atom stereocenters. The molecule has 0 aromatic carbocycles. The number of ether oxygens (including phenoxy) is 1. The standard InChI is InChI=1S/C8H9N3O2/c1-2-13-7-4-3-6(5-10-7)11-8(9)12/h2-5H,1H2,(H3,9,11,12). The van der Waals surface area contributed by atoms with Gasteiger partial charge in [-0.2, -0.15) is 0 Å². The van der Waals surface area contributed by atoms with Gasteiger partial charge in [-0.3, -0.25) is 0 Å². The summed E-state index contributed by atoms with van der Waals surface area (Å²) >= 11 is 0. The second kappa shape index (κ2) is 4.10. The third-order valence-corrected chi connectivity index (χ3v) is 1.21. The Balaban J connectivity index is 2.69. The van der Waals surface area contributed by atoms with E-state index in [0.29, 0.717) is 11.6 Å². The Morgan fingerprint density at radius 2 is 2.46 bits per heavy atom. The van der Waals surface area contributed by atoms with Gasteiger partial charge in [0, 0.05) is 6.07 Å². The van der Waals surface area contributed by atoms with Crippen LogP contribution in [0.4, 0.5) is 10.5 Å². The summed E-state index contributed by atoms with van der Waals surface area (Å²) < 4.78 is 4.87. The van der Waals surface area contributed by atoms with E-state index in [-0.39, 0.29) is 0 Å². The molecule has 13 heavy (non-hydrogen) atoms. The van der Waals surface area contributed by atoms with Crippen LogP contribution in [0.3, 0.4) is 0 Å². The van der Waals surface area contributed by atoms with Crippen LogP contribution in [0.2, 0.25) is 0 Å². The third kappa shape index (κ3) is 2.82. The van der Waals surface area contributed by atoms with Gasteiger partial charge in [0.2, 0.25) is 5.88 Å². The number of hydrogen-bond donors (Lipinski definition) is 2. The van der Waals surface area contributed by atoms with Crippen molar-refractivity contribution >= 4 is 11.7 Å². The molecule has 0 aliphatic heterocycles. The van der Waals surface area contributed by atoms with Gasteiger partial charge in [0.1, 0.15) is 0 Å². The molecule has 5 nitrogen and oxygen atoms in total. The minimum atomic E-state index is -0.626. The van der Waals surface area contributed by atoms with Crippen molar-refractivity contribution in [3.05, 3.63) is 31.2 Å². The lowest BCUT2D eigenvalue weighted by atomic mass is 10.4. The van der Waals surface area contributed by atoms with Crippen LogP contribution in [0.15, 0.2) is 31.2 Å². The number of hydrogen-bond acceptors (Lipinski definition) is 3. The monoisotopic (exact) mass is 179 g/mol. The van der Waals surface area contributed by atoms with E-state index in [1.807, 2.05) is 0 Å². The smallest absolute Gasteiger partial charge is 0.316 e. The molecule has 5 heteroatoms. The fraction of sp³-hybridized carbons (Fsp3) is 0. The normalized spacial score (nSPS) is 8.92. The predicted octanol–water partition coefficient (Wildman–Crippen LogP) is 1.09. The first-order chi connectivity index (χ1) is 6.22. The zero-order valence-corrected chi connectivity index (χ0v) is 6.86. The number of pyridine rings is 1. The molecule has 3 N–H and O–H groups in total. The molecule has 0 radical (unpaired) electrons. The van der Waals surface area contributed by atoms with Gasteiger partial charge in [0.05, 0.1) is 18.1 Å². The van der Waals surface area contributed by atoms with Crippen molar-refractivity contribution < 1.29 is 9.53 Å². The van der Waals surface area contributed by atoms with E-state index in [4.69, 9.17) is 10.5 Å². The molecular weight excluding hydrogens is 170 g/mol. The lowest BCUT2D eigenvalue weighted by Crippen LogP contribution is -2.19. The fourth-order valence-corrected chi connectivity index (χ4v) is 0.752. The maximum absolute atomic E-state index is 10.4. The lowest BCUT2D eigenvalue weighted by Gasteiger charge is -2.01. The van der Waals surface area contributed by atoms with Gasteiger partial charge in [0.25, 0.3) is 0 Å². The van der Waals surface area contributed by atoms with Crippen LogP contribution in [0.25, 0.3) is 0 Å². The van der Waals surface area contributed by atoms with Gasteiger partial charge in [-0.15, -0.1) is 0 Å². The van der Waals surface area contributed by atoms with Crippen molar-refractivity contribution in [3.8, 4) is 5.88 Å². The number of nitrogens with one attached hydrogen (secondary N) is 1. The molecular formula is C8H9N3O2. The molecule has 0 fully saturated rings. The van der Waals surface area contributed by atoms with Crippen LogP contribution in [0.1, 0.15) is 0 Å². The van der Waals surface area contributed by atoms with Crippen molar-refractivity contribution in [3.63, 3.8) is 0 Å². The number of nitrogens with two attached hydrogens (primary N) is 1. The van der Waals surface area contributed by atoms with E-state index in [0.717, 1.165) is 0 Å². The molecule has 0 aliphatic carbocycles. The van der Waals surface area contributed by atoms with Crippen molar-refractivity contribution in [2.75, 3.05) is 5.32 Å². The highest BCUT2D eigenvalue weighted by molar-refractivity contribution is 5.87. The first kappa shape index (κ1) is 9.05. The van der Waals surface area contributed by atoms with Crippen LogP contribution in [0.5, 0.6) is 5.88 Å². The van der Waals surface area contributed by atoms with Crippen LogP contribution < -0.4 is 15.8 Å². The number of urea groups is 1. The largest absolute Gasteiger partial charge is 0.447 e. The molecule has 68 valence electrons. The molecule has 0 saturated carbocycles. The number of anilines is 1. The first-order valence-electron chi connectivity index (χ1n) is 3.52. The molecule has 1 aromatic rings. The molecule has 0 saturated heterocycles. The fourth-order valence-electron chi connectivity index (χ4n) is 0.752. The number of carbonyl (C=O) groups is 1. The molecule has 0 aliphatic rings. The van der Waals surface area contributed by atoms with Gasteiger partial charge >= 0.3 is 6.03 Å². The second-order valence-electron chi connectivity index (χ2n) is 2.16. The van der Waals surface area contributed by atoms with Gasteiger partial charge in [-0.1, -0.05) is 6.58 Å². The minimum absolute atomic E-state index is 0.407. The topological polar surface area (TPSA) is 77.2 Å². The average molecular weight is 179 g/mol. The SMILES string of the molecule is C=COc1ccc(NC(N)=O)cn1. The Labute approximate surface area is 75.2 Å². The van der Waals surface area contributed by atoms with Crippen LogP contribution in [-0.2, 0) is 0 Å². The molecule has 1 aromatic heterocycles. The molecule has 2 amide bonds. The highest BCUT2D eigenvalue weighted by Gasteiger charge is 1.96. The van der Waals surface area contributed by atoms with Gasteiger partial charge in [0.15, 0.2) is 0 Å². The number of primary amides is 1. The van der Waals surface area contributed by atoms with Crippen molar-refractivity contribution in [1.29, 1.82) is 0 Å². The molecule has 1 heterocycles. The Bertz CT molecular complexity index is 308. The Morgan fingerprint density at radius 3 is 2.92 bits per heavy atom. The maximum Gasteiger partial charge on any atom is 0.316 e. The number of nitrogens with zero attached hydrogens (tertiary/aromatic N) is 1. The zero-order chi connectivity index (χ0) is 9.68. The van der Waals surface area contributed by atoms with Crippen molar-refractivity contribution in [2.24, 2.45) is 5.73 Å². The Kier molecular flexibility index (Phi) is 2.86. The van der Waals surface area contributed by atoms with Gasteiger partial charge < -0.3 is 15.8 Å². The summed E-state index contributed by atoms with van der Waals surface area (Å²) in [5.41, 5.74) is 5.41.